The second kappa shape index (κ2) is 6.74. The Morgan fingerprint density at radius 3 is 2.73 bits per heavy atom. The number of methoxy groups -OCH3 is 1. The van der Waals surface area contributed by atoms with E-state index in [4.69, 9.17) is 9.47 Å². The summed E-state index contributed by atoms with van der Waals surface area (Å²) >= 11 is 0. The molecule has 1 saturated heterocycles. The van der Waals surface area contributed by atoms with Crippen LogP contribution in [0, 0.1) is 0 Å². The zero-order valence-corrected chi connectivity index (χ0v) is 14.8. The number of nitrogens with zero attached hydrogens (tertiary/aromatic N) is 1. The molecule has 1 spiro atoms. The van der Waals surface area contributed by atoms with E-state index in [1.54, 1.807) is 7.11 Å². The predicted octanol–water partition coefficient (Wildman–Crippen LogP) is 1.14. The van der Waals surface area contributed by atoms with Crippen molar-refractivity contribution >= 4 is 0 Å². The second-order valence-corrected chi connectivity index (χ2v) is 7.00. The lowest BCUT2D eigenvalue weighted by molar-refractivity contribution is -0.0990. The van der Waals surface area contributed by atoms with Crippen LogP contribution in [0.5, 0.6) is 5.75 Å². The van der Waals surface area contributed by atoms with Gasteiger partial charge in [-0.05, 0) is 42.5 Å². The van der Waals surface area contributed by atoms with Gasteiger partial charge in [-0.3, -0.25) is 14.7 Å². The number of aromatic nitrogens is 2. The highest BCUT2D eigenvalue weighted by Gasteiger charge is 2.40. The molecule has 3 heterocycles. The number of likely N-dealkylation sites (tertiary alicyclic amines) is 1. The molecule has 4 rings (SSSR count). The van der Waals surface area contributed by atoms with Gasteiger partial charge in [-0.2, -0.15) is 0 Å². The van der Waals surface area contributed by atoms with Crippen LogP contribution in [-0.4, -0.2) is 41.7 Å². The van der Waals surface area contributed by atoms with Gasteiger partial charge in [0.05, 0.1) is 19.3 Å². The van der Waals surface area contributed by atoms with E-state index in [1.165, 1.54) is 17.2 Å². The molecule has 1 aromatic heterocycles. The SMILES string of the molecule is COc1ccc2c(c1)CCOC21CCN(Cc2cc(=O)[nH]c(=O)[nH]2)CC1. The number of aromatic amines is 2. The third kappa shape index (κ3) is 3.20. The minimum atomic E-state index is -0.459. The van der Waals surface area contributed by atoms with Gasteiger partial charge in [-0.1, -0.05) is 6.07 Å². The molecule has 0 saturated carbocycles. The Bertz CT molecular complexity index is 881. The van der Waals surface area contributed by atoms with Crippen molar-refractivity contribution in [1.29, 1.82) is 0 Å². The van der Waals surface area contributed by atoms with E-state index >= 15 is 0 Å². The molecule has 0 unspecified atom stereocenters. The Morgan fingerprint density at radius 1 is 1.19 bits per heavy atom. The van der Waals surface area contributed by atoms with Crippen molar-refractivity contribution < 1.29 is 9.47 Å². The Morgan fingerprint density at radius 2 is 2.00 bits per heavy atom. The van der Waals surface area contributed by atoms with Crippen LogP contribution in [0.1, 0.15) is 29.7 Å². The summed E-state index contributed by atoms with van der Waals surface area (Å²) in [7, 11) is 1.69. The third-order valence-electron chi connectivity index (χ3n) is 5.43. The lowest BCUT2D eigenvalue weighted by Gasteiger charge is -2.45. The summed E-state index contributed by atoms with van der Waals surface area (Å²) in [5.74, 6) is 0.886. The first kappa shape index (κ1) is 17.1. The summed E-state index contributed by atoms with van der Waals surface area (Å²) in [6, 6.07) is 7.71. The maximum Gasteiger partial charge on any atom is 0.325 e. The second-order valence-electron chi connectivity index (χ2n) is 7.00. The van der Waals surface area contributed by atoms with E-state index in [2.05, 4.69) is 27.0 Å². The Balaban J connectivity index is 1.50. The highest BCUT2D eigenvalue weighted by molar-refractivity contribution is 5.41. The molecule has 2 N–H and O–H groups in total. The average molecular weight is 357 g/mol. The maximum absolute atomic E-state index is 11.5. The topological polar surface area (TPSA) is 87.4 Å². The van der Waals surface area contributed by atoms with Gasteiger partial charge in [0.15, 0.2) is 0 Å². The molecule has 0 bridgehead atoms. The molecular weight excluding hydrogens is 334 g/mol. The van der Waals surface area contributed by atoms with Gasteiger partial charge in [0.2, 0.25) is 0 Å². The summed E-state index contributed by atoms with van der Waals surface area (Å²) in [6.45, 7) is 2.98. The summed E-state index contributed by atoms with van der Waals surface area (Å²) < 4.78 is 11.6. The summed E-state index contributed by atoms with van der Waals surface area (Å²) in [5, 5.41) is 0. The molecule has 2 aliphatic rings. The Hall–Kier alpha value is -2.38. The molecule has 0 aliphatic carbocycles. The first-order valence-electron chi connectivity index (χ1n) is 8.94. The number of ether oxygens (including phenoxy) is 2. The van der Waals surface area contributed by atoms with E-state index in [1.807, 2.05) is 6.07 Å². The average Bonchev–Trinajstić information content (AvgIpc) is 2.63. The van der Waals surface area contributed by atoms with Crippen molar-refractivity contribution in [2.24, 2.45) is 0 Å². The molecule has 7 nitrogen and oxygen atoms in total. The lowest BCUT2D eigenvalue weighted by Crippen LogP contribution is -2.46. The van der Waals surface area contributed by atoms with Crippen molar-refractivity contribution in [2.45, 2.75) is 31.4 Å². The summed E-state index contributed by atoms with van der Waals surface area (Å²) in [4.78, 5) is 30.0. The third-order valence-corrected chi connectivity index (χ3v) is 5.43. The van der Waals surface area contributed by atoms with Crippen molar-refractivity contribution in [3.05, 3.63) is 61.9 Å². The molecular formula is C19H23N3O4. The van der Waals surface area contributed by atoms with Crippen molar-refractivity contribution in [2.75, 3.05) is 26.8 Å². The van der Waals surface area contributed by atoms with Crippen LogP contribution in [0.2, 0.25) is 0 Å². The van der Waals surface area contributed by atoms with Gasteiger partial charge < -0.3 is 14.5 Å². The van der Waals surface area contributed by atoms with Crippen molar-refractivity contribution in [1.82, 2.24) is 14.9 Å². The minimum absolute atomic E-state index is 0.238. The van der Waals surface area contributed by atoms with Gasteiger partial charge in [0, 0.05) is 31.4 Å². The molecule has 1 fully saturated rings. The fraction of sp³-hybridized carbons (Fsp3) is 0.474. The van der Waals surface area contributed by atoms with Gasteiger partial charge in [0.25, 0.3) is 5.56 Å². The monoisotopic (exact) mass is 357 g/mol. The normalized spacial score (nSPS) is 19.3. The van der Waals surface area contributed by atoms with Crippen molar-refractivity contribution in [3.8, 4) is 5.75 Å². The van der Waals surface area contributed by atoms with Crippen LogP contribution in [0.3, 0.4) is 0 Å². The number of rotatable bonds is 3. The number of fused-ring (bicyclic) bond motifs is 2. The molecule has 7 heteroatoms. The summed E-state index contributed by atoms with van der Waals surface area (Å²) in [6.07, 6.45) is 2.69. The Kier molecular flexibility index (Phi) is 4.42. The largest absolute Gasteiger partial charge is 0.497 e. The maximum atomic E-state index is 11.5. The fourth-order valence-corrected chi connectivity index (χ4v) is 4.11. The molecule has 138 valence electrons. The standard InChI is InChI=1S/C19H23N3O4/c1-25-15-2-3-16-13(10-15)4-9-26-19(16)5-7-22(8-6-19)12-14-11-17(23)21-18(24)20-14/h2-3,10-11H,4-9,12H2,1H3,(H2,20,21,23,24). The van der Waals surface area contributed by atoms with E-state index in [0.717, 1.165) is 44.7 Å². The minimum Gasteiger partial charge on any atom is -0.497 e. The quantitative estimate of drug-likeness (QED) is 0.860. The lowest BCUT2D eigenvalue weighted by atomic mass is 9.79. The fourth-order valence-electron chi connectivity index (χ4n) is 4.11. The number of nitrogens with one attached hydrogen (secondary N) is 2. The van der Waals surface area contributed by atoms with Crippen LogP contribution in [0.15, 0.2) is 33.9 Å². The smallest absolute Gasteiger partial charge is 0.325 e. The van der Waals surface area contributed by atoms with Gasteiger partial charge in [0.1, 0.15) is 5.75 Å². The van der Waals surface area contributed by atoms with Crippen LogP contribution in [0.25, 0.3) is 0 Å². The van der Waals surface area contributed by atoms with Crippen LogP contribution < -0.4 is 16.0 Å². The number of benzene rings is 1. The van der Waals surface area contributed by atoms with E-state index in [9.17, 15) is 9.59 Å². The molecule has 2 aromatic rings. The molecule has 0 amide bonds. The van der Waals surface area contributed by atoms with E-state index < -0.39 is 5.69 Å². The molecule has 2 aliphatic heterocycles. The Labute approximate surface area is 151 Å². The first-order valence-corrected chi connectivity index (χ1v) is 8.94. The highest BCUT2D eigenvalue weighted by Crippen LogP contribution is 2.42. The molecule has 0 radical (unpaired) electrons. The van der Waals surface area contributed by atoms with Gasteiger partial charge in [-0.25, -0.2) is 4.79 Å². The zero-order valence-electron chi connectivity index (χ0n) is 14.8. The molecule has 1 aromatic carbocycles. The molecule has 26 heavy (non-hydrogen) atoms. The van der Waals surface area contributed by atoms with Crippen molar-refractivity contribution in [3.63, 3.8) is 0 Å². The van der Waals surface area contributed by atoms with E-state index in [-0.39, 0.29) is 11.2 Å². The number of hydrogen-bond donors (Lipinski definition) is 2. The predicted molar refractivity (Wildman–Crippen MR) is 96.5 cm³/mol. The van der Waals surface area contributed by atoms with Crippen LogP contribution in [0.4, 0.5) is 0 Å². The highest BCUT2D eigenvalue weighted by atomic mass is 16.5. The zero-order chi connectivity index (χ0) is 18.1. The van der Waals surface area contributed by atoms with Gasteiger partial charge >= 0.3 is 5.69 Å². The van der Waals surface area contributed by atoms with Crippen LogP contribution in [-0.2, 0) is 23.3 Å². The molecule has 0 atom stereocenters. The van der Waals surface area contributed by atoms with E-state index in [0.29, 0.717) is 12.2 Å². The summed E-state index contributed by atoms with van der Waals surface area (Å²) in [5.41, 5.74) is 2.16. The van der Waals surface area contributed by atoms with Crippen LogP contribution >= 0.6 is 0 Å². The number of piperidine rings is 1. The first-order chi connectivity index (χ1) is 12.6. The number of H-pyrrole nitrogens is 2. The number of hydrogen-bond acceptors (Lipinski definition) is 5. The van der Waals surface area contributed by atoms with Gasteiger partial charge in [-0.15, -0.1) is 0 Å².